The predicted octanol–water partition coefficient (Wildman–Crippen LogP) is 5.32. The number of benzene rings is 1. The SMILES string of the molecule is CCC(C)c1cc2cc(OC)ccc2n1Cc1cccc(-c2noc(=S)[nH]2)n1. The second kappa shape index (κ2) is 7.59. The molecule has 0 aliphatic heterocycles. The van der Waals surface area contributed by atoms with Gasteiger partial charge >= 0.3 is 0 Å². The number of hydrogen-bond acceptors (Lipinski definition) is 5. The van der Waals surface area contributed by atoms with E-state index < -0.39 is 0 Å². The number of methoxy groups -OCH3 is 1. The highest BCUT2D eigenvalue weighted by Crippen LogP contribution is 2.30. The van der Waals surface area contributed by atoms with Crippen LogP contribution in [0.5, 0.6) is 5.75 Å². The summed E-state index contributed by atoms with van der Waals surface area (Å²) < 4.78 is 12.7. The quantitative estimate of drug-likeness (QED) is 0.448. The van der Waals surface area contributed by atoms with Crippen molar-refractivity contribution >= 4 is 23.1 Å². The van der Waals surface area contributed by atoms with Crippen LogP contribution >= 0.6 is 12.2 Å². The van der Waals surface area contributed by atoms with E-state index in [0.717, 1.165) is 17.9 Å². The molecule has 1 unspecified atom stereocenters. The molecule has 1 atom stereocenters. The second-order valence-electron chi connectivity index (χ2n) is 6.85. The average molecular weight is 395 g/mol. The largest absolute Gasteiger partial charge is 0.497 e. The van der Waals surface area contributed by atoms with Crippen molar-refractivity contribution in [2.75, 3.05) is 7.11 Å². The Hall–Kier alpha value is -2.93. The molecule has 3 aromatic heterocycles. The van der Waals surface area contributed by atoms with Crippen LogP contribution in [0.15, 0.2) is 47.0 Å². The molecular formula is C21H22N4O2S. The van der Waals surface area contributed by atoms with Gasteiger partial charge in [0.15, 0.2) is 5.82 Å². The maximum absolute atomic E-state index is 5.39. The van der Waals surface area contributed by atoms with E-state index in [1.165, 1.54) is 16.6 Å². The molecule has 144 valence electrons. The summed E-state index contributed by atoms with van der Waals surface area (Å²) in [5, 5.41) is 5.11. The number of pyridine rings is 1. The number of rotatable bonds is 6. The van der Waals surface area contributed by atoms with Crippen molar-refractivity contribution in [3.8, 4) is 17.3 Å². The molecule has 7 heteroatoms. The summed E-state index contributed by atoms with van der Waals surface area (Å²) in [7, 11) is 1.69. The van der Waals surface area contributed by atoms with Crippen LogP contribution < -0.4 is 4.74 Å². The van der Waals surface area contributed by atoms with Gasteiger partial charge in [-0.2, -0.15) is 0 Å². The number of aromatic amines is 1. The Morgan fingerprint density at radius 3 is 2.82 bits per heavy atom. The highest BCUT2D eigenvalue weighted by molar-refractivity contribution is 7.71. The van der Waals surface area contributed by atoms with Gasteiger partial charge in [-0.25, -0.2) is 4.98 Å². The molecule has 1 N–H and O–H groups in total. The number of nitrogens with zero attached hydrogens (tertiary/aromatic N) is 3. The fourth-order valence-corrected chi connectivity index (χ4v) is 3.53. The second-order valence-corrected chi connectivity index (χ2v) is 7.22. The van der Waals surface area contributed by atoms with Gasteiger partial charge in [0, 0.05) is 16.6 Å². The molecule has 3 heterocycles. The first-order chi connectivity index (χ1) is 13.6. The summed E-state index contributed by atoms with van der Waals surface area (Å²) in [6, 6.07) is 14.3. The molecule has 0 aliphatic carbocycles. The van der Waals surface area contributed by atoms with Crippen LogP contribution in [-0.2, 0) is 6.54 Å². The Kier molecular flexibility index (Phi) is 5.00. The first kappa shape index (κ1) is 18.4. The summed E-state index contributed by atoms with van der Waals surface area (Å²) in [5.74, 6) is 1.84. The zero-order chi connectivity index (χ0) is 19.7. The van der Waals surface area contributed by atoms with E-state index >= 15 is 0 Å². The molecule has 1 aromatic carbocycles. The van der Waals surface area contributed by atoms with E-state index in [0.29, 0.717) is 24.0 Å². The van der Waals surface area contributed by atoms with Crippen molar-refractivity contribution in [3.05, 3.63) is 58.7 Å². The van der Waals surface area contributed by atoms with Gasteiger partial charge in [-0.1, -0.05) is 25.1 Å². The minimum atomic E-state index is 0.242. The smallest absolute Gasteiger partial charge is 0.295 e. The fraction of sp³-hybridized carbons (Fsp3) is 0.286. The average Bonchev–Trinajstić information content (AvgIpc) is 3.31. The lowest BCUT2D eigenvalue weighted by Crippen LogP contribution is -2.08. The van der Waals surface area contributed by atoms with Crippen LogP contribution in [0.3, 0.4) is 0 Å². The van der Waals surface area contributed by atoms with Crippen molar-refractivity contribution in [2.45, 2.75) is 32.7 Å². The van der Waals surface area contributed by atoms with E-state index in [-0.39, 0.29) is 4.84 Å². The van der Waals surface area contributed by atoms with Crippen molar-refractivity contribution in [1.82, 2.24) is 19.7 Å². The van der Waals surface area contributed by atoms with Crippen LogP contribution in [0.1, 0.15) is 37.6 Å². The lowest BCUT2D eigenvalue weighted by Gasteiger charge is -2.15. The normalized spacial score (nSPS) is 12.4. The van der Waals surface area contributed by atoms with Gasteiger partial charge in [0.1, 0.15) is 11.4 Å². The minimum absolute atomic E-state index is 0.242. The number of fused-ring (bicyclic) bond motifs is 1. The van der Waals surface area contributed by atoms with Gasteiger partial charge in [-0.15, -0.1) is 0 Å². The van der Waals surface area contributed by atoms with Gasteiger partial charge in [0.05, 0.1) is 19.3 Å². The lowest BCUT2D eigenvalue weighted by molar-refractivity contribution is 0.406. The number of ether oxygens (including phenoxy) is 1. The highest BCUT2D eigenvalue weighted by Gasteiger charge is 2.15. The molecule has 0 aliphatic rings. The van der Waals surface area contributed by atoms with Crippen molar-refractivity contribution in [2.24, 2.45) is 0 Å². The zero-order valence-corrected chi connectivity index (χ0v) is 16.9. The third-order valence-electron chi connectivity index (χ3n) is 5.07. The van der Waals surface area contributed by atoms with Crippen LogP contribution in [0, 0.1) is 4.84 Å². The topological polar surface area (TPSA) is 68.9 Å². The molecule has 0 radical (unpaired) electrons. The third kappa shape index (κ3) is 3.45. The van der Waals surface area contributed by atoms with E-state index in [1.807, 2.05) is 24.3 Å². The number of nitrogens with one attached hydrogen (secondary N) is 1. The van der Waals surface area contributed by atoms with E-state index in [2.05, 4.69) is 46.8 Å². The van der Waals surface area contributed by atoms with E-state index in [1.54, 1.807) is 7.11 Å². The van der Waals surface area contributed by atoms with Crippen LogP contribution in [0.2, 0.25) is 0 Å². The monoisotopic (exact) mass is 394 g/mol. The van der Waals surface area contributed by atoms with Crippen LogP contribution in [0.4, 0.5) is 0 Å². The Morgan fingerprint density at radius 2 is 2.11 bits per heavy atom. The van der Waals surface area contributed by atoms with Gasteiger partial charge < -0.3 is 13.8 Å². The zero-order valence-electron chi connectivity index (χ0n) is 16.1. The molecular weight excluding hydrogens is 372 g/mol. The maximum Gasteiger partial charge on any atom is 0.295 e. The number of hydrogen-bond donors (Lipinski definition) is 1. The molecule has 4 rings (SSSR count). The minimum Gasteiger partial charge on any atom is -0.497 e. The fourth-order valence-electron chi connectivity index (χ4n) is 3.39. The van der Waals surface area contributed by atoms with Crippen molar-refractivity contribution < 1.29 is 9.26 Å². The number of aromatic nitrogens is 4. The first-order valence-electron chi connectivity index (χ1n) is 9.28. The molecule has 0 saturated carbocycles. The molecule has 28 heavy (non-hydrogen) atoms. The van der Waals surface area contributed by atoms with Gasteiger partial charge in [-0.3, -0.25) is 4.98 Å². The third-order valence-corrected chi connectivity index (χ3v) is 5.24. The van der Waals surface area contributed by atoms with Crippen molar-refractivity contribution in [1.29, 1.82) is 0 Å². The maximum atomic E-state index is 5.39. The van der Waals surface area contributed by atoms with Crippen LogP contribution in [-0.4, -0.2) is 26.8 Å². The number of H-pyrrole nitrogens is 1. The van der Waals surface area contributed by atoms with Gasteiger partial charge in [-0.05, 0) is 61.0 Å². The van der Waals surface area contributed by atoms with E-state index in [4.69, 9.17) is 26.5 Å². The summed E-state index contributed by atoms with van der Waals surface area (Å²) in [6.07, 6.45) is 1.07. The van der Waals surface area contributed by atoms with E-state index in [9.17, 15) is 0 Å². The molecule has 0 amide bonds. The molecule has 4 aromatic rings. The molecule has 0 saturated heterocycles. The highest BCUT2D eigenvalue weighted by atomic mass is 32.1. The van der Waals surface area contributed by atoms with Crippen LogP contribution in [0.25, 0.3) is 22.4 Å². The van der Waals surface area contributed by atoms with Crippen molar-refractivity contribution in [3.63, 3.8) is 0 Å². The summed E-state index contributed by atoms with van der Waals surface area (Å²) in [6.45, 7) is 5.13. The molecule has 6 nitrogen and oxygen atoms in total. The summed E-state index contributed by atoms with van der Waals surface area (Å²) in [4.78, 5) is 7.91. The molecule has 0 spiro atoms. The Morgan fingerprint density at radius 1 is 1.25 bits per heavy atom. The summed E-state index contributed by atoms with van der Waals surface area (Å²) in [5.41, 5.74) is 4.11. The predicted molar refractivity (Wildman–Crippen MR) is 111 cm³/mol. The molecule has 0 fully saturated rings. The first-order valence-corrected chi connectivity index (χ1v) is 9.69. The standard InChI is InChI=1S/C21H22N4O2S/c1-4-13(2)19-11-14-10-16(26-3)8-9-18(14)25(19)12-15-6-5-7-17(22-15)20-23-21(28)27-24-20/h5-11,13H,4,12H2,1-3H3,(H,23,24,28). The van der Waals surface area contributed by atoms with Gasteiger partial charge in [0.2, 0.25) is 0 Å². The Bertz CT molecular complexity index is 1170. The Labute approximate surface area is 168 Å². The summed E-state index contributed by atoms with van der Waals surface area (Å²) >= 11 is 4.96. The Balaban J connectivity index is 1.77. The van der Waals surface area contributed by atoms with Gasteiger partial charge in [0.25, 0.3) is 4.84 Å². The lowest BCUT2D eigenvalue weighted by atomic mass is 10.0. The molecule has 0 bridgehead atoms.